The lowest BCUT2D eigenvalue weighted by molar-refractivity contribution is 0.320. The highest BCUT2D eigenvalue weighted by Crippen LogP contribution is 2.16. The number of ether oxygens (including phenoxy) is 1. The molecule has 0 aliphatic heterocycles. The Morgan fingerprint density at radius 1 is 1.14 bits per heavy atom. The van der Waals surface area contributed by atoms with Gasteiger partial charge in [-0.3, -0.25) is 4.99 Å². The molecule has 0 radical (unpaired) electrons. The highest BCUT2D eigenvalue weighted by atomic mass is 127. The van der Waals surface area contributed by atoms with Crippen molar-refractivity contribution in [3.05, 3.63) is 65.0 Å². The highest BCUT2D eigenvalue weighted by molar-refractivity contribution is 14.0. The van der Waals surface area contributed by atoms with E-state index in [0.717, 1.165) is 17.6 Å². The fourth-order valence-corrected chi connectivity index (χ4v) is 3.48. The molecule has 0 heterocycles. The third-order valence-electron chi connectivity index (χ3n) is 4.00. The SMILES string of the molecule is CN=C(NCCOc1ccccc1C)NCc1cc(F)ccc1CS(C)(=O)=O.I. The summed E-state index contributed by atoms with van der Waals surface area (Å²) in [6.07, 6.45) is 1.16. The Kier molecular flexibility index (Phi) is 10.4. The number of guanidine groups is 1. The number of nitrogens with one attached hydrogen (secondary N) is 2. The number of halogens is 2. The van der Waals surface area contributed by atoms with Gasteiger partial charge in [-0.05, 0) is 41.8 Å². The van der Waals surface area contributed by atoms with Gasteiger partial charge in [0.05, 0.1) is 12.3 Å². The summed E-state index contributed by atoms with van der Waals surface area (Å²) in [6, 6.07) is 11.9. The number of hydrogen-bond acceptors (Lipinski definition) is 4. The number of benzene rings is 2. The minimum atomic E-state index is -3.22. The van der Waals surface area contributed by atoms with Crippen LogP contribution in [0.3, 0.4) is 0 Å². The predicted octanol–water partition coefficient (Wildman–Crippen LogP) is 3.04. The molecule has 0 aromatic heterocycles. The average Bonchev–Trinajstić information content (AvgIpc) is 2.63. The molecule has 2 aromatic carbocycles. The Morgan fingerprint density at radius 3 is 2.52 bits per heavy atom. The Hall–Kier alpha value is -1.88. The third kappa shape index (κ3) is 8.99. The van der Waals surface area contributed by atoms with Crippen molar-refractivity contribution in [3.63, 3.8) is 0 Å². The maximum atomic E-state index is 13.6. The minimum Gasteiger partial charge on any atom is -0.491 e. The quantitative estimate of drug-likeness (QED) is 0.235. The first-order valence-corrected chi connectivity index (χ1v) is 10.9. The van der Waals surface area contributed by atoms with Crippen LogP contribution in [-0.4, -0.2) is 40.8 Å². The zero-order chi connectivity index (χ0) is 20.6. The zero-order valence-electron chi connectivity index (χ0n) is 16.7. The summed E-state index contributed by atoms with van der Waals surface area (Å²) in [7, 11) is -1.59. The van der Waals surface area contributed by atoms with Crippen molar-refractivity contribution < 1.29 is 17.5 Å². The van der Waals surface area contributed by atoms with Crippen molar-refractivity contribution in [1.29, 1.82) is 0 Å². The van der Waals surface area contributed by atoms with E-state index in [2.05, 4.69) is 15.6 Å². The Labute approximate surface area is 188 Å². The molecule has 0 unspecified atom stereocenters. The number of nitrogens with zero attached hydrogens (tertiary/aromatic N) is 1. The molecule has 0 bridgehead atoms. The maximum Gasteiger partial charge on any atom is 0.191 e. The lowest BCUT2D eigenvalue weighted by Crippen LogP contribution is -2.39. The van der Waals surface area contributed by atoms with Gasteiger partial charge in [0, 0.05) is 19.8 Å². The van der Waals surface area contributed by atoms with E-state index in [9.17, 15) is 12.8 Å². The summed E-state index contributed by atoms with van der Waals surface area (Å²) in [4.78, 5) is 4.12. The summed E-state index contributed by atoms with van der Waals surface area (Å²) in [5.41, 5.74) is 2.20. The van der Waals surface area contributed by atoms with Gasteiger partial charge in [-0.25, -0.2) is 12.8 Å². The van der Waals surface area contributed by atoms with Crippen LogP contribution in [0.4, 0.5) is 4.39 Å². The Morgan fingerprint density at radius 2 is 1.86 bits per heavy atom. The van der Waals surface area contributed by atoms with Crippen molar-refractivity contribution in [2.75, 3.05) is 26.5 Å². The standard InChI is InChI=1S/C20H26FN3O3S.HI/c1-15-6-4-5-7-19(15)27-11-10-23-20(22-2)24-13-17-12-18(21)9-8-16(17)14-28(3,25)26;/h4-9,12H,10-11,13-14H2,1-3H3,(H2,22,23,24);1H. The zero-order valence-corrected chi connectivity index (χ0v) is 19.9. The molecule has 0 saturated carbocycles. The smallest absolute Gasteiger partial charge is 0.191 e. The molecule has 0 spiro atoms. The monoisotopic (exact) mass is 535 g/mol. The topological polar surface area (TPSA) is 79.8 Å². The number of aliphatic imine (C=N–C) groups is 1. The Bertz CT molecular complexity index is 936. The second-order valence-corrected chi connectivity index (χ2v) is 8.59. The molecule has 2 aromatic rings. The molecule has 0 atom stereocenters. The molecule has 29 heavy (non-hydrogen) atoms. The van der Waals surface area contributed by atoms with Gasteiger partial charge in [0.15, 0.2) is 15.8 Å². The molecule has 0 amide bonds. The van der Waals surface area contributed by atoms with E-state index >= 15 is 0 Å². The molecule has 0 aliphatic rings. The predicted molar refractivity (Wildman–Crippen MR) is 125 cm³/mol. The van der Waals surface area contributed by atoms with E-state index in [0.29, 0.717) is 30.2 Å². The lowest BCUT2D eigenvalue weighted by Gasteiger charge is -2.15. The molecule has 0 saturated heterocycles. The number of sulfone groups is 1. The van der Waals surface area contributed by atoms with Crippen LogP contribution < -0.4 is 15.4 Å². The van der Waals surface area contributed by atoms with Crippen LogP contribution >= 0.6 is 24.0 Å². The maximum absolute atomic E-state index is 13.6. The van der Waals surface area contributed by atoms with Gasteiger partial charge in [-0.1, -0.05) is 24.3 Å². The van der Waals surface area contributed by atoms with E-state index in [-0.39, 0.29) is 36.3 Å². The van der Waals surface area contributed by atoms with Crippen molar-refractivity contribution in [2.45, 2.75) is 19.2 Å². The first-order valence-electron chi connectivity index (χ1n) is 8.86. The van der Waals surface area contributed by atoms with Crippen molar-refractivity contribution in [1.82, 2.24) is 10.6 Å². The molecule has 160 valence electrons. The highest BCUT2D eigenvalue weighted by Gasteiger charge is 2.11. The van der Waals surface area contributed by atoms with Crippen LogP contribution in [0.1, 0.15) is 16.7 Å². The normalized spacial score (nSPS) is 11.5. The van der Waals surface area contributed by atoms with Crippen LogP contribution in [0, 0.1) is 12.7 Å². The van der Waals surface area contributed by atoms with Crippen molar-refractivity contribution in [3.8, 4) is 5.75 Å². The van der Waals surface area contributed by atoms with Gasteiger partial charge in [-0.2, -0.15) is 0 Å². The molecular formula is C20H27FIN3O3S. The first kappa shape index (κ1) is 25.2. The van der Waals surface area contributed by atoms with Crippen LogP contribution in [0.15, 0.2) is 47.5 Å². The summed E-state index contributed by atoms with van der Waals surface area (Å²) < 4.78 is 42.5. The van der Waals surface area contributed by atoms with E-state index in [4.69, 9.17) is 4.74 Å². The molecular weight excluding hydrogens is 508 g/mol. The largest absolute Gasteiger partial charge is 0.491 e. The fraction of sp³-hybridized carbons (Fsp3) is 0.350. The van der Waals surface area contributed by atoms with E-state index < -0.39 is 15.7 Å². The summed E-state index contributed by atoms with van der Waals surface area (Å²) in [6.45, 7) is 3.20. The van der Waals surface area contributed by atoms with Crippen molar-refractivity contribution >= 4 is 39.8 Å². The number of hydrogen-bond donors (Lipinski definition) is 2. The molecule has 9 heteroatoms. The molecule has 6 nitrogen and oxygen atoms in total. The van der Waals surface area contributed by atoms with Crippen LogP contribution in [-0.2, 0) is 22.1 Å². The summed E-state index contributed by atoms with van der Waals surface area (Å²) in [5.74, 6) is 0.796. The van der Waals surface area contributed by atoms with Gasteiger partial charge in [0.25, 0.3) is 0 Å². The molecule has 2 rings (SSSR count). The summed E-state index contributed by atoms with van der Waals surface area (Å²) in [5, 5.41) is 6.18. The third-order valence-corrected chi connectivity index (χ3v) is 4.84. The van der Waals surface area contributed by atoms with Crippen LogP contribution in [0.25, 0.3) is 0 Å². The average molecular weight is 535 g/mol. The number of para-hydroxylation sites is 1. The molecule has 0 fully saturated rings. The first-order chi connectivity index (χ1) is 13.3. The van der Waals surface area contributed by atoms with Gasteiger partial charge in [0.1, 0.15) is 18.2 Å². The minimum absolute atomic E-state index is 0. The lowest BCUT2D eigenvalue weighted by atomic mass is 10.1. The molecule has 2 N–H and O–H groups in total. The fourth-order valence-electron chi connectivity index (χ4n) is 2.63. The van der Waals surface area contributed by atoms with Crippen LogP contribution in [0.5, 0.6) is 5.75 Å². The van der Waals surface area contributed by atoms with Gasteiger partial charge in [0.2, 0.25) is 0 Å². The van der Waals surface area contributed by atoms with E-state index in [1.165, 1.54) is 18.2 Å². The second kappa shape index (κ2) is 12.0. The number of aryl methyl sites for hydroxylation is 1. The van der Waals surface area contributed by atoms with Crippen LogP contribution in [0.2, 0.25) is 0 Å². The van der Waals surface area contributed by atoms with E-state index in [1.807, 2.05) is 31.2 Å². The van der Waals surface area contributed by atoms with Gasteiger partial charge < -0.3 is 15.4 Å². The molecule has 0 aliphatic carbocycles. The van der Waals surface area contributed by atoms with Gasteiger partial charge in [-0.15, -0.1) is 24.0 Å². The van der Waals surface area contributed by atoms with Crippen molar-refractivity contribution in [2.24, 2.45) is 4.99 Å². The second-order valence-electron chi connectivity index (χ2n) is 6.45. The van der Waals surface area contributed by atoms with E-state index in [1.54, 1.807) is 7.05 Å². The Balaban J connectivity index is 0.00000420. The summed E-state index contributed by atoms with van der Waals surface area (Å²) >= 11 is 0. The van der Waals surface area contributed by atoms with Gasteiger partial charge >= 0.3 is 0 Å². The number of rotatable bonds is 8.